The molecule has 1 amide bonds. The maximum atomic E-state index is 12.9. The Hall–Kier alpha value is -2.26. The number of nitrogens with one attached hydrogen (secondary N) is 1. The van der Waals surface area contributed by atoms with E-state index in [4.69, 9.17) is 0 Å². The number of hydrogen-bond donors (Lipinski definition) is 1. The lowest BCUT2D eigenvalue weighted by Crippen LogP contribution is -2.48. The first-order chi connectivity index (χ1) is 12.4. The van der Waals surface area contributed by atoms with Gasteiger partial charge in [0, 0.05) is 37.5 Å². The molecule has 2 aliphatic heterocycles. The van der Waals surface area contributed by atoms with Gasteiger partial charge in [0.05, 0.1) is 24.2 Å². The zero-order chi connectivity index (χ0) is 18.3. The van der Waals surface area contributed by atoms with E-state index in [2.05, 4.69) is 15.0 Å². The Labute approximate surface area is 152 Å². The van der Waals surface area contributed by atoms with Crippen LogP contribution in [0.25, 0.3) is 11.4 Å². The number of nitrogens with zero attached hydrogens (tertiary/aromatic N) is 4. The highest BCUT2D eigenvalue weighted by atomic mass is 32.2. The largest absolute Gasteiger partial charge is 0.340 e. The van der Waals surface area contributed by atoms with Gasteiger partial charge in [0.2, 0.25) is 15.9 Å². The van der Waals surface area contributed by atoms with Crippen LogP contribution >= 0.6 is 0 Å². The van der Waals surface area contributed by atoms with E-state index in [1.807, 2.05) is 12.1 Å². The van der Waals surface area contributed by atoms with Gasteiger partial charge in [-0.25, -0.2) is 13.4 Å². The zero-order valence-corrected chi connectivity index (χ0v) is 15.4. The van der Waals surface area contributed by atoms with Crippen LogP contribution in [0.2, 0.25) is 0 Å². The molecule has 0 spiro atoms. The maximum Gasteiger partial charge on any atom is 0.241 e. The number of aromatic amines is 1. The summed E-state index contributed by atoms with van der Waals surface area (Å²) < 4.78 is 25.2. The summed E-state index contributed by atoms with van der Waals surface area (Å²) in [6.07, 6.45) is 6.58. The standard InChI is InChI=1S/C17H21N5O3S/c1-26(24,25)22-8-3-5-15(22)17(23)21-9-6-13-14(11-21)20-16(19-13)12-4-2-7-18-10-12/h2,4,7,10,15H,3,5-6,8-9,11H2,1H3,(H,19,20)/t15-/m0/s1. The molecule has 0 bridgehead atoms. The number of carbonyl (C=O) groups is 1. The van der Waals surface area contributed by atoms with E-state index in [1.54, 1.807) is 17.3 Å². The lowest BCUT2D eigenvalue weighted by molar-refractivity contribution is -0.135. The highest BCUT2D eigenvalue weighted by molar-refractivity contribution is 7.88. The molecule has 1 N–H and O–H groups in total. The van der Waals surface area contributed by atoms with E-state index in [9.17, 15) is 13.2 Å². The van der Waals surface area contributed by atoms with Crippen molar-refractivity contribution in [2.75, 3.05) is 19.3 Å². The molecule has 4 heterocycles. The number of imidazole rings is 1. The number of carbonyl (C=O) groups excluding carboxylic acids is 1. The predicted octanol–water partition coefficient (Wildman–Crippen LogP) is 0.780. The number of rotatable bonds is 3. The van der Waals surface area contributed by atoms with Gasteiger partial charge in [-0.3, -0.25) is 9.78 Å². The third-order valence-corrected chi connectivity index (χ3v) is 6.28. The molecular weight excluding hydrogens is 354 g/mol. The van der Waals surface area contributed by atoms with Crippen molar-refractivity contribution in [3.63, 3.8) is 0 Å². The van der Waals surface area contributed by atoms with E-state index in [1.165, 1.54) is 10.6 Å². The molecule has 1 atom stereocenters. The summed E-state index contributed by atoms with van der Waals surface area (Å²) in [7, 11) is -3.37. The molecule has 0 aromatic carbocycles. The number of fused-ring (bicyclic) bond motifs is 1. The Morgan fingerprint density at radius 3 is 2.92 bits per heavy atom. The molecule has 0 unspecified atom stereocenters. The summed E-state index contributed by atoms with van der Waals surface area (Å²) in [5.74, 6) is 0.632. The molecule has 0 radical (unpaired) electrons. The quantitative estimate of drug-likeness (QED) is 0.855. The highest BCUT2D eigenvalue weighted by Gasteiger charge is 2.39. The molecule has 0 saturated carbocycles. The second-order valence-corrected chi connectivity index (χ2v) is 8.73. The SMILES string of the molecule is CS(=O)(=O)N1CCC[C@H]1C(=O)N1CCc2nc(-c3cccnc3)[nH]c2C1. The predicted molar refractivity (Wildman–Crippen MR) is 95.5 cm³/mol. The van der Waals surface area contributed by atoms with E-state index in [0.717, 1.165) is 29.2 Å². The van der Waals surface area contributed by atoms with Crippen molar-refractivity contribution in [3.8, 4) is 11.4 Å². The molecule has 8 nitrogen and oxygen atoms in total. The number of aromatic nitrogens is 3. The molecule has 2 aromatic rings. The smallest absolute Gasteiger partial charge is 0.241 e. The number of hydrogen-bond acceptors (Lipinski definition) is 5. The average Bonchev–Trinajstić information content (AvgIpc) is 3.28. The van der Waals surface area contributed by atoms with Crippen LogP contribution in [-0.2, 0) is 27.8 Å². The lowest BCUT2D eigenvalue weighted by Gasteiger charge is -2.31. The fourth-order valence-electron chi connectivity index (χ4n) is 3.72. The van der Waals surface area contributed by atoms with Crippen LogP contribution in [0.1, 0.15) is 24.2 Å². The van der Waals surface area contributed by atoms with Crippen molar-refractivity contribution in [2.24, 2.45) is 0 Å². The van der Waals surface area contributed by atoms with E-state index in [0.29, 0.717) is 32.5 Å². The molecule has 0 aliphatic carbocycles. The third-order valence-electron chi connectivity index (χ3n) is 4.99. The van der Waals surface area contributed by atoms with Crippen LogP contribution in [0.4, 0.5) is 0 Å². The second-order valence-electron chi connectivity index (χ2n) is 6.79. The minimum Gasteiger partial charge on any atom is -0.340 e. The van der Waals surface area contributed by atoms with Gasteiger partial charge >= 0.3 is 0 Å². The van der Waals surface area contributed by atoms with Crippen molar-refractivity contribution in [1.29, 1.82) is 0 Å². The molecule has 138 valence electrons. The maximum absolute atomic E-state index is 12.9. The van der Waals surface area contributed by atoms with Crippen LogP contribution in [0, 0.1) is 0 Å². The van der Waals surface area contributed by atoms with Gasteiger partial charge in [-0.05, 0) is 25.0 Å². The van der Waals surface area contributed by atoms with Crippen LogP contribution in [0.15, 0.2) is 24.5 Å². The van der Waals surface area contributed by atoms with E-state index < -0.39 is 16.1 Å². The van der Waals surface area contributed by atoms with Gasteiger partial charge in [-0.15, -0.1) is 0 Å². The molecule has 1 fully saturated rings. The molecular formula is C17H21N5O3S. The number of H-pyrrole nitrogens is 1. The van der Waals surface area contributed by atoms with E-state index >= 15 is 0 Å². The average molecular weight is 375 g/mol. The summed E-state index contributed by atoms with van der Waals surface area (Å²) in [5.41, 5.74) is 2.77. The summed E-state index contributed by atoms with van der Waals surface area (Å²) in [4.78, 5) is 26.7. The number of sulfonamides is 1. The molecule has 26 heavy (non-hydrogen) atoms. The van der Waals surface area contributed by atoms with Gasteiger partial charge < -0.3 is 9.88 Å². The van der Waals surface area contributed by atoms with Crippen molar-refractivity contribution in [3.05, 3.63) is 35.9 Å². The monoisotopic (exact) mass is 375 g/mol. The second kappa shape index (κ2) is 6.48. The van der Waals surface area contributed by atoms with Crippen molar-refractivity contribution in [2.45, 2.75) is 31.8 Å². The normalized spacial score (nSPS) is 21.0. The minimum absolute atomic E-state index is 0.115. The molecule has 2 aromatic heterocycles. The van der Waals surface area contributed by atoms with Crippen LogP contribution in [0.5, 0.6) is 0 Å². The van der Waals surface area contributed by atoms with Gasteiger partial charge in [0.1, 0.15) is 11.9 Å². The third kappa shape index (κ3) is 3.12. The minimum atomic E-state index is -3.37. The first kappa shape index (κ1) is 17.2. The lowest BCUT2D eigenvalue weighted by atomic mass is 10.1. The Balaban J connectivity index is 1.53. The summed E-state index contributed by atoms with van der Waals surface area (Å²) in [5, 5.41) is 0. The van der Waals surface area contributed by atoms with Gasteiger partial charge in [0.15, 0.2) is 0 Å². The van der Waals surface area contributed by atoms with Crippen LogP contribution < -0.4 is 0 Å². The van der Waals surface area contributed by atoms with Gasteiger partial charge in [-0.1, -0.05) is 0 Å². The molecule has 2 aliphatic rings. The van der Waals surface area contributed by atoms with Crippen molar-refractivity contribution < 1.29 is 13.2 Å². The number of amides is 1. The zero-order valence-electron chi connectivity index (χ0n) is 14.6. The van der Waals surface area contributed by atoms with E-state index in [-0.39, 0.29) is 5.91 Å². The van der Waals surface area contributed by atoms with Crippen molar-refractivity contribution >= 4 is 15.9 Å². The van der Waals surface area contributed by atoms with Gasteiger partial charge in [-0.2, -0.15) is 4.31 Å². The fourth-order valence-corrected chi connectivity index (χ4v) is 4.83. The molecule has 1 saturated heterocycles. The molecule has 9 heteroatoms. The van der Waals surface area contributed by atoms with Crippen LogP contribution in [0.3, 0.4) is 0 Å². The van der Waals surface area contributed by atoms with Crippen molar-refractivity contribution in [1.82, 2.24) is 24.2 Å². The first-order valence-electron chi connectivity index (χ1n) is 8.67. The number of pyridine rings is 1. The highest BCUT2D eigenvalue weighted by Crippen LogP contribution is 2.26. The van der Waals surface area contributed by atoms with Crippen LogP contribution in [-0.4, -0.2) is 63.9 Å². The summed E-state index contributed by atoms with van der Waals surface area (Å²) >= 11 is 0. The Morgan fingerprint density at radius 1 is 1.35 bits per heavy atom. The summed E-state index contributed by atoms with van der Waals surface area (Å²) in [6.45, 7) is 1.40. The Bertz CT molecular complexity index is 925. The van der Waals surface area contributed by atoms with Gasteiger partial charge in [0.25, 0.3) is 0 Å². The fraction of sp³-hybridized carbons (Fsp3) is 0.471. The Morgan fingerprint density at radius 2 is 2.19 bits per heavy atom. The first-order valence-corrected chi connectivity index (χ1v) is 10.5. The topological polar surface area (TPSA) is 99.3 Å². The summed E-state index contributed by atoms with van der Waals surface area (Å²) in [6, 6.07) is 3.21. The molecule has 4 rings (SSSR count). The Kier molecular flexibility index (Phi) is 4.28.